The molecule has 2 nitrogen and oxygen atoms in total. The third kappa shape index (κ3) is 4.05. The van der Waals surface area contributed by atoms with Gasteiger partial charge in [0.2, 0.25) is 0 Å². The molecule has 0 aliphatic heterocycles. The lowest BCUT2D eigenvalue weighted by atomic mass is 9.86. The van der Waals surface area contributed by atoms with Gasteiger partial charge in [-0.25, -0.2) is 0 Å². The maximum absolute atomic E-state index is 10.2. The number of hydrogen-bond donors (Lipinski definition) is 0. The summed E-state index contributed by atoms with van der Waals surface area (Å²) in [5.74, 6) is 0. The number of hydrogen-bond acceptors (Lipinski definition) is 2. The Morgan fingerprint density at radius 2 is 1.31 bits per heavy atom. The molecule has 0 aromatic heterocycles. The van der Waals surface area contributed by atoms with E-state index in [2.05, 4.69) is 65.6 Å². The molecular weight excluding hydrogens is 352 g/mol. The van der Waals surface area contributed by atoms with Gasteiger partial charge in [0.1, 0.15) is 0 Å². The lowest BCUT2D eigenvalue weighted by Crippen LogP contribution is -2.44. The molecule has 0 heterocycles. The number of para-hydroxylation sites is 2. The highest BCUT2D eigenvalue weighted by atomic mass is 15.2. The van der Waals surface area contributed by atoms with Crippen molar-refractivity contribution in [1.29, 1.82) is 5.26 Å². The molecule has 0 fully saturated rings. The van der Waals surface area contributed by atoms with E-state index in [0.717, 1.165) is 22.5 Å². The molecule has 0 amide bonds. The Kier molecular flexibility index (Phi) is 5.40. The number of allylic oxidation sites excluding steroid dienone is 3. The molecule has 1 aliphatic carbocycles. The molecule has 140 valence electrons. The van der Waals surface area contributed by atoms with Crippen LogP contribution >= 0.6 is 0 Å². The Labute approximate surface area is 172 Å². The van der Waals surface area contributed by atoms with Gasteiger partial charge in [0.25, 0.3) is 0 Å². The molecule has 3 aromatic carbocycles. The van der Waals surface area contributed by atoms with Crippen LogP contribution in [0.2, 0.25) is 0 Å². The third-order valence-corrected chi connectivity index (χ3v) is 5.09. The van der Waals surface area contributed by atoms with Gasteiger partial charge >= 0.3 is 0 Å². The van der Waals surface area contributed by atoms with E-state index in [0.29, 0.717) is 6.42 Å². The summed E-state index contributed by atoms with van der Waals surface area (Å²) in [5, 5.41) is 10.2. The topological polar surface area (TPSA) is 27.0 Å². The molecule has 0 radical (unpaired) electrons. The van der Waals surface area contributed by atoms with Gasteiger partial charge < -0.3 is 4.90 Å². The zero-order valence-electron chi connectivity index (χ0n) is 16.1. The predicted molar refractivity (Wildman–Crippen MR) is 121 cm³/mol. The minimum absolute atomic E-state index is 0.609. The Bertz CT molecular complexity index is 1030. The van der Waals surface area contributed by atoms with Gasteiger partial charge in [0.05, 0.1) is 6.07 Å². The largest absolute Gasteiger partial charge is 0.319 e. The van der Waals surface area contributed by atoms with Gasteiger partial charge in [-0.15, -0.1) is 0 Å². The number of rotatable bonds is 5. The van der Waals surface area contributed by atoms with E-state index in [-0.39, 0.29) is 0 Å². The first-order valence-corrected chi connectivity index (χ1v) is 9.75. The molecule has 4 rings (SSSR count). The van der Waals surface area contributed by atoms with E-state index in [9.17, 15) is 5.26 Å². The fourth-order valence-electron chi connectivity index (χ4n) is 3.59. The van der Waals surface area contributed by atoms with Crippen molar-refractivity contribution in [3.63, 3.8) is 0 Å². The van der Waals surface area contributed by atoms with Gasteiger partial charge in [-0.2, -0.15) is 5.26 Å². The van der Waals surface area contributed by atoms with E-state index in [1.807, 2.05) is 66.7 Å². The van der Waals surface area contributed by atoms with Crippen LogP contribution in [-0.4, -0.2) is 5.54 Å². The minimum atomic E-state index is -0.771. The summed E-state index contributed by atoms with van der Waals surface area (Å²) in [6.45, 7) is 0. The fourth-order valence-corrected chi connectivity index (χ4v) is 3.59. The maximum Gasteiger partial charge on any atom is 0.154 e. The standard InChI is InChI=1S/C27H22N2/c28-22-27(20-18-24(19-21-27)17-16-23-10-4-1-5-11-23)29(25-12-6-2-7-13-25)26-14-8-3-9-15-26/h1-20H,21H2/b17-16+. The average molecular weight is 374 g/mol. The summed E-state index contributed by atoms with van der Waals surface area (Å²) < 4.78 is 0. The van der Waals surface area contributed by atoms with E-state index in [4.69, 9.17) is 0 Å². The van der Waals surface area contributed by atoms with Crippen LogP contribution in [0.1, 0.15) is 12.0 Å². The zero-order valence-corrected chi connectivity index (χ0v) is 16.1. The first kappa shape index (κ1) is 18.5. The molecule has 0 saturated carbocycles. The van der Waals surface area contributed by atoms with Crippen LogP contribution in [0.15, 0.2) is 121 Å². The van der Waals surface area contributed by atoms with Crippen LogP contribution in [-0.2, 0) is 0 Å². The molecule has 1 unspecified atom stereocenters. The highest BCUT2D eigenvalue weighted by molar-refractivity contribution is 5.70. The highest BCUT2D eigenvalue weighted by Crippen LogP contribution is 2.38. The number of benzene rings is 3. The Balaban J connectivity index is 1.66. The Morgan fingerprint density at radius 1 is 0.759 bits per heavy atom. The molecule has 29 heavy (non-hydrogen) atoms. The van der Waals surface area contributed by atoms with Crippen LogP contribution in [0.3, 0.4) is 0 Å². The van der Waals surface area contributed by atoms with Crippen LogP contribution in [0, 0.1) is 11.3 Å². The molecule has 1 atom stereocenters. The number of nitriles is 1. The molecule has 0 saturated heterocycles. The maximum atomic E-state index is 10.2. The van der Waals surface area contributed by atoms with Crippen LogP contribution in [0.4, 0.5) is 11.4 Å². The van der Waals surface area contributed by atoms with Crippen LogP contribution in [0.25, 0.3) is 6.08 Å². The summed E-state index contributed by atoms with van der Waals surface area (Å²) in [4.78, 5) is 2.12. The lowest BCUT2D eigenvalue weighted by molar-refractivity contribution is 0.646. The van der Waals surface area contributed by atoms with Crippen molar-refractivity contribution in [2.75, 3.05) is 4.90 Å². The molecule has 0 N–H and O–H groups in total. The summed E-state index contributed by atoms with van der Waals surface area (Å²) >= 11 is 0. The first-order valence-electron chi connectivity index (χ1n) is 9.75. The first-order chi connectivity index (χ1) is 14.3. The Morgan fingerprint density at radius 3 is 1.79 bits per heavy atom. The summed E-state index contributed by atoms with van der Waals surface area (Å²) in [6.07, 6.45) is 11.0. The second kappa shape index (κ2) is 8.46. The average Bonchev–Trinajstić information content (AvgIpc) is 2.81. The second-order valence-corrected chi connectivity index (χ2v) is 7.03. The summed E-state index contributed by atoms with van der Waals surface area (Å²) in [5.41, 5.74) is 3.50. The predicted octanol–water partition coefficient (Wildman–Crippen LogP) is 6.69. The molecule has 0 bridgehead atoms. The molecule has 1 aliphatic rings. The third-order valence-electron chi connectivity index (χ3n) is 5.09. The number of nitrogens with zero attached hydrogens (tertiary/aromatic N) is 2. The summed E-state index contributed by atoms with van der Waals surface area (Å²) in [7, 11) is 0. The normalized spacial score (nSPS) is 18.2. The van der Waals surface area contributed by atoms with Gasteiger partial charge in [-0.05, 0) is 41.5 Å². The van der Waals surface area contributed by atoms with Crippen molar-refractivity contribution in [2.45, 2.75) is 12.0 Å². The fraction of sp³-hybridized carbons (Fsp3) is 0.0741. The van der Waals surface area contributed by atoms with Crippen molar-refractivity contribution >= 4 is 17.5 Å². The zero-order chi connectivity index (χ0) is 19.9. The molecule has 0 spiro atoms. The van der Waals surface area contributed by atoms with E-state index in [1.54, 1.807) is 0 Å². The van der Waals surface area contributed by atoms with Crippen LogP contribution < -0.4 is 4.90 Å². The lowest BCUT2D eigenvalue weighted by Gasteiger charge is -2.39. The second-order valence-electron chi connectivity index (χ2n) is 7.03. The van der Waals surface area contributed by atoms with Crippen LogP contribution in [0.5, 0.6) is 0 Å². The minimum Gasteiger partial charge on any atom is -0.319 e. The van der Waals surface area contributed by atoms with Crippen molar-refractivity contribution in [1.82, 2.24) is 0 Å². The molecule has 2 heteroatoms. The van der Waals surface area contributed by atoms with Crippen molar-refractivity contribution < 1.29 is 0 Å². The van der Waals surface area contributed by atoms with Gasteiger partial charge in [0.15, 0.2) is 5.54 Å². The monoisotopic (exact) mass is 374 g/mol. The smallest absolute Gasteiger partial charge is 0.154 e. The van der Waals surface area contributed by atoms with Crippen molar-refractivity contribution in [3.8, 4) is 6.07 Å². The quantitative estimate of drug-likeness (QED) is 0.497. The molecular formula is C27H22N2. The number of anilines is 2. The highest BCUT2D eigenvalue weighted by Gasteiger charge is 2.36. The summed E-state index contributed by atoms with van der Waals surface area (Å²) in [6, 6.07) is 33.0. The SMILES string of the molecule is N#CC1(N(c2ccccc2)c2ccccc2)C=CC(/C=C/c2ccccc2)=CC1. The van der Waals surface area contributed by atoms with Gasteiger partial charge in [0, 0.05) is 17.8 Å². The Hall–Kier alpha value is -3.83. The van der Waals surface area contributed by atoms with Crippen molar-refractivity contribution in [3.05, 3.63) is 126 Å². The van der Waals surface area contributed by atoms with E-state index in [1.165, 1.54) is 0 Å². The van der Waals surface area contributed by atoms with Crippen molar-refractivity contribution in [2.24, 2.45) is 0 Å². The van der Waals surface area contributed by atoms with Gasteiger partial charge in [-0.1, -0.05) is 91.0 Å². The van der Waals surface area contributed by atoms with E-state index < -0.39 is 5.54 Å². The van der Waals surface area contributed by atoms with Gasteiger partial charge in [-0.3, -0.25) is 0 Å². The molecule has 3 aromatic rings. The van der Waals surface area contributed by atoms with E-state index >= 15 is 0 Å².